The van der Waals surface area contributed by atoms with Crippen LogP contribution < -0.4 is 10.5 Å². The molecule has 0 aliphatic carbocycles. The number of alkyl halides is 3. The number of amidine groups is 1. The van der Waals surface area contributed by atoms with E-state index >= 15 is 0 Å². The van der Waals surface area contributed by atoms with Crippen LogP contribution in [0, 0.1) is 22.7 Å². The highest BCUT2D eigenvalue weighted by Gasteiger charge is 2.56. The number of aromatic nitrogens is 3. The number of nitrogens with zero attached hydrogens (tertiary/aromatic N) is 6. The highest BCUT2D eigenvalue weighted by atomic mass is 32.1. The Hall–Kier alpha value is -4.78. The molecule has 2 atom stereocenters. The van der Waals surface area contributed by atoms with E-state index in [1.54, 1.807) is 24.3 Å². The summed E-state index contributed by atoms with van der Waals surface area (Å²) in [7, 11) is 0. The van der Waals surface area contributed by atoms with E-state index < -0.39 is 53.0 Å². The van der Waals surface area contributed by atoms with E-state index in [-0.39, 0.29) is 31.1 Å². The highest BCUT2D eigenvalue weighted by Crippen LogP contribution is 2.45. The van der Waals surface area contributed by atoms with Crippen LogP contribution in [0.5, 0.6) is 5.88 Å². The first-order valence-electron chi connectivity index (χ1n) is 13.2. The Bertz CT molecular complexity index is 1590. The first-order valence-corrected chi connectivity index (χ1v) is 14.1. The van der Waals surface area contributed by atoms with Gasteiger partial charge in [-0.25, -0.2) is 9.78 Å². The maximum atomic E-state index is 14.5. The summed E-state index contributed by atoms with van der Waals surface area (Å²) < 4.78 is 50.0. The maximum absolute atomic E-state index is 14.5. The number of nitrogens with one attached hydrogen (secondary N) is 1. The molecule has 3 amide bonds. The maximum Gasteiger partial charge on any atom is 0.401 e. The molecule has 0 spiro atoms. The number of imide groups is 1. The van der Waals surface area contributed by atoms with Crippen molar-refractivity contribution in [1.29, 1.82) is 10.7 Å². The summed E-state index contributed by atoms with van der Waals surface area (Å²) in [5.41, 5.74) is 6.91. The Morgan fingerprint density at radius 3 is 2.47 bits per heavy atom. The number of rotatable bonds is 6. The van der Waals surface area contributed by atoms with Crippen molar-refractivity contribution in [3.05, 3.63) is 63.2 Å². The van der Waals surface area contributed by atoms with Gasteiger partial charge in [-0.3, -0.25) is 19.9 Å². The first-order chi connectivity index (χ1) is 20.5. The molecule has 0 radical (unpaired) electrons. The minimum Gasteiger partial charge on any atom is -0.472 e. The van der Waals surface area contributed by atoms with Crippen molar-refractivity contribution < 1.29 is 32.3 Å². The van der Waals surface area contributed by atoms with Gasteiger partial charge in [0.1, 0.15) is 35.7 Å². The lowest BCUT2D eigenvalue weighted by molar-refractivity contribution is -0.197. The van der Waals surface area contributed by atoms with Gasteiger partial charge in [0.15, 0.2) is 0 Å². The minimum atomic E-state index is -5.08. The third kappa shape index (κ3) is 5.80. The quantitative estimate of drug-likeness (QED) is 0.314. The van der Waals surface area contributed by atoms with Crippen LogP contribution in [0.15, 0.2) is 35.2 Å². The van der Waals surface area contributed by atoms with Crippen LogP contribution in [-0.2, 0) is 11.4 Å². The predicted molar refractivity (Wildman–Crippen MR) is 145 cm³/mol. The van der Waals surface area contributed by atoms with Gasteiger partial charge < -0.3 is 15.4 Å². The van der Waals surface area contributed by atoms with E-state index in [9.17, 15) is 32.8 Å². The molecule has 3 aromatic rings. The molecule has 1 aromatic carbocycles. The molecule has 2 unspecified atom stereocenters. The van der Waals surface area contributed by atoms with Gasteiger partial charge in [0, 0.05) is 36.5 Å². The monoisotopic (exact) mass is 614 g/mol. The van der Waals surface area contributed by atoms with Crippen molar-refractivity contribution in [2.24, 2.45) is 11.7 Å². The van der Waals surface area contributed by atoms with E-state index in [0.29, 0.717) is 46.6 Å². The predicted octanol–water partition coefficient (Wildman–Crippen LogP) is 3.47. The molecule has 2 fully saturated rings. The lowest BCUT2D eigenvalue weighted by atomic mass is 9.80. The molecular weight excluding hydrogens is 589 g/mol. The highest BCUT2D eigenvalue weighted by molar-refractivity contribution is 7.07. The third-order valence-electron chi connectivity index (χ3n) is 7.38. The standard InChI is InChI=1S/C27H25F3N8O4S/c28-27(29,30)20-17(7-10-37(24(20)40)26(41)36-8-1-2-9-36)21-18(11-31)25(38(35-21)23(39)19-13-43-14-34-19)42-12-15-3-5-16(6-4-15)22(32)33/h3-6,13-14,17,20H,1-2,7-10,12H2,(H3,32,33). The van der Waals surface area contributed by atoms with Crippen LogP contribution in [0.2, 0.25) is 0 Å². The van der Waals surface area contributed by atoms with Crippen LogP contribution in [0.3, 0.4) is 0 Å². The number of thiazole rings is 1. The Morgan fingerprint density at radius 2 is 1.88 bits per heavy atom. The van der Waals surface area contributed by atoms with E-state index in [1.165, 1.54) is 15.8 Å². The second-order valence-electron chi connectivity index (χ2n) is 10.0. The van der Waals surface area contributed by atoms with Crippen LogP contribution in [0.4, 0.5) is 18.0 Å². The molecule has 2 aliphatic rings. The molecule has 16 heteroatoms. The Kier molecular flexibility index (Phi) is 8.18. The van der Waals surface area contributed by atoms with Gasteiger partial charge in [0.05, 0.1) is 11.2 Å². The Morgan fingerprint density at radius 1 is 1.19 bits per heavy atom. The van der Waals surface area contributed by atoms with Crippen molar-refractivity contribution >= 4 is 35.0 Å². The van der Waals surface area contributed by atoms with Gasteiger partial charge in [0.2, 0.25) is 11.8 Å². The summed E-state index contributed by atoms with van der Waals surface area (Å²) >= 11 is 1.10. The van der Waals surface area contributed by atoms with Gasteiger partial charge in [-0.05, 0) is 24.8 Å². The molecule has 3 N–H and O–H groups in total. The number of nitrogen functional groups attached to an aromatic ring is 1. The lowest BCUT2D eigenvalue weighted by Gasteiger charge is -2.38. The van der Waals surface area contributed by atoms with Crippen LogP contribution >= 0.6 is 11.3 Å². The minimum absolute atomic E-state index is 0.0753. The third-order valence-corrected chi connectivity index (χ3v) is 7.96. The number of hydrogen-bond donors (Lipinski definition) is 2. The van der Waals surface area contributed by atoms with Gasteiger partial charge in [-0.2, -0.15) is 28.2 Å². The summed E-state index contributed by atoms with van der Waals surface area (Å²) in [6.45, 7) is 0.167. The molecule has 2 saturated heterocycles. The average molecular weight is 615 g/mol. The number of carbonyl (C=O) groups excluding carboxylic acids is 3. The summed E-state index contributed by atoms with van der Waals surface area (Å²) in [6, 6.07) is 7.35. The summed E-state index contributed by atoms with van der Waals surface area (Å²) in [4.78, 5) is 45.4. The fraction of sp³-hybridized carbons (Fsp3) is 0.370. The van der Waals surface area contributed by atoms with Gasteiger partial charge in [-0.1, -0.05) is 24.3 Å². The molecule has 5 rings (SSSR count). The molecular formula is C27H25F3N8O4S. The van der Waals surface area contributed by atoms with Gasteiger partial charge in [0.25, 0.3) is 0 Å². The second-order valence-corrected chi connectivity index (χ2v) is 10.8. The van der Waals surface area contributed by atoms with E-state index in [0.717, 1.165) is 11.3 Å². The van der Waals surface area contributed by atoms with Crippen LogP contribution in [-0.4, -0.2) is 74.1 Å². The number of halogens is 3. The van der Waals surface area contributed by atoms with Crippen molar-refractivity contribution in [2.75, 3.05) is 19.6 Å². The SMILES string of the molecule is N#Cc1c(C2CCN(C(=O)N3CCCC3)C(=O)C2C(F)(F)F)nn(C(=O)c2cscn2)c1OCc1ccc(C(=N)N)cc1. The zero-order chi connectivity index (χ0) is 30.9. The number of urea groups is 1. The van der Waals surface area contributed by atoms with Crippen molar-refractivity contribution in [1.82, 2.24) is 24.6 Å². The number of benzene rings is 1. The number of amides is 3. The summed E-state index contributed by atoms with van der Waals surface area (Å²) in [5.74, 6) is -7.18. The average Bonchev–Trinajstić information content (AvgIpc) is 3.76. The molecule has 4 heterocycles. The van der Waals surface area contributed by atoms with Crippen LogP contribution in [0.25, 0.3) is 0 Å². The van der Waals surface area contributed by atoms with E-state index in [1.807, 2.05) is 6.07 Å². The zero-order valence-electron chi connectivity index (χ0n) is 22.5. The summed E-state index contributed by atoms with van der Waals surface area (Å²) in [5, 5.41) is 23.2. The Balaban J connectivity index is 1.53. The molecule has 224 valence electrons. The first kappa shape index (κ1) is 29.7. The van der Waals surface area contributed by atoms with Crippen molar-refractivity contribution in [2.45, 2.75) is 38.0 Å². The van der Waals surface area contributed by atoms with E-state index in [2.05, 4.69) is 10.1 Å². The Labute approximate surface area is 247 Å². The number of ether oxygens (including phenoxy) is 1. The molecule has 43 heavy (non-hydrogen) atoms. The van der Waals surface area contributed by atoms with Gasteiger partial charge in [-0.15, -0.1) is 11.3 Å². The van der Waals surface area contributed by atoms with Crippen molar-refractivity contribution in [3.63, 3.8) is 0 Å². The number of nitrogens with two attached hydrogens (primary N) is 1. The molecule has 0 saturated carbocycles. The number of carbonyl (C=O) groups is 3. The van der Waals surface area contributed by atoms with Gasteiger partial charge >= 0.3 is 18.1 Å². The number of nitriles is 1. The molecule has 2 aromatic heterocycles. The molecule has 0 bridgehead atoms. The topological polar surface area (TPSA) is 171 Å². The van der Waals surface area contributed by atoms with E-state index in [4.69, 9.17) is 15.9 Å². The van der Waals surface area contributed by atoms with Crippen molar-refractivity contribution in [3.8, 4) is 11.9 Å². The zero-order valence-corrected chi connectivity index (χ0v) is 23.3. The second kappa shape index (κ2) is 11.8. The molecule has 2 aliphatic heterocycles. The fourth-order valence-corrected chi connectivity index (χ4v) is 5.76. The lowest BCUT2D eigenvalue weighted by Crippen LogP contribution is -2.55. The fourth-order valence-electron chi connectivity index (χ4n) is 5.23. The number of likely N-dealkylation sites (tertiary alicyclic amines) is 2. The molecule has 12 nitrogen and oxygen atoms in total. The normalized spacial score (nSPS) is 18.9. The number of piperidine rings is 1. The summed E-state index contributed by atoms with van der Waals surface area (Å²) in [6.07, 6.45) is -4.03. The largest absolute Gasteiger partial charge is 0.472 e. The smallest absolute Gasteiger partial charge is 0.401 e. The van der Waals surface area contributed by atoms with Crippen LogP contribution in [0.1, 0.15) is 58.1 Å². The number of hydrogen-bond acceptors (Lipinski definition) is 9.